The lowest BCUT2D eigenvalue weighted by molar-refractivity contribution is 0.442. The minimum atomic E-state index is -0.401. The van der Waals surface area contributed by atoms with E-state index in [1.54, 1.807) is 6.07 Å². The molecule has 72 valence electrons. The Balaban J connectivity index is 2.84. The van der Waals surface area contributed by atoms with Crippen molar-refractivity contribution in [3.63, 3.8) is 0 Å². The quantitative estimate of drug-likeness (QED) is 0.891. The van der Waals surface area contributed by atoms with E-state index in [4.69, 9.17) is 17.3 Å². The third kappa shape index (κ3) is 2.93. The fraction of sp³-hybridized carbons (Fsp3) is 0.333. The molecule has 0 fully saturated rings. The molecular formula is C9H10BrClFN. The predicted molar refractivity (Wildman–Crippen MR) is 56.7 cm³/mol. The summed E-state index contributed by atoms with van der Waals surface area (Å²) in [6, 6.07) is 5.13. The van der Waals surface area contributed by atoms with Gasteiger partial charge in [0.2, 0.25) is 0 Å². The minimum absolute atomic E-state index is 0.251. The van der Waals surface area contributed by atoms with E-state index in [2.05, 4.69) is 15.9 Å². The molecule has 0 radical (unpaired) electrons. The summed E-state index contributed by atoms with van der Waals surface area (Å²) in [5.41, 5.74) is 6.62. The molecule has 0 spiro atoms. The van der Waals surface area contributed by atoms with E-state index in [1.807, 2.05) is 12.1 Å². The van der Waals surface area contributed by atoms with Crippen LogP contribution in [0.5, 0.6) is 0 Å². The second-order valence-corrected chi connectivity index (χ2v) is 4.02. The maximum absolute atomic E-state index is 12.0. The molecule has 0 unspecified atom stereocenters. The van der Waals surface area contributed by atoms with Gasteiger partial charge in [-0.05, 0) is 40.0 Å². The van der Waals surface area contributed by atoms with Crippen molar-refractivity contribution in [2.24, 2.45) is 5.73 Å². The highest BCUT2D eigenvalue weighted by Gasteiger charge is 2.07. The maximum atomic E-state index is 12.0. The molecule has 0 bridgehead atoms. The van der Waals surface area contributed by atoms with Crippen LogP contribution in [-0.2, 0) is 0 Å². The van der Waals surface area contributed by atoms with E-state index >= 15 is 0 Å². The van der Waals surface area contributed by atoms with Gasteiger partial charge in [0, 0.05) is 10.5 Å². The number of hydrogen-bond donors (Lipinski definition) is 1. The largest absolute Gasteiger partial charge is 0.324 e. The van der Waals surface area contributed by atoms with Crippen molar-refractivity contribution >= 4 is 27.5 Å². The van der Waals surface area contributed by atoms with E-state index in [-0.39, 0.29) is 6.04 Å². The van der Waals surface area contributed by atoms with E-state index in [9.17, 15) is 4.39 Å². The van der Waals surface area contributed by atoms with Crippen molar-refractivity contribution in [2.75, 3.05) is 6.67 Å². The van der Waals surface area contributed by atoms with E-state index in [1.165, 1.54) is 0 Å². The smallest absolute Gasteiger partial charge is 0.0912 e. The lowest BCUT2D eigenvalue weighted by atomic mass is 10.1. The zero-order chi connectivity index (χ0) is 9.84. The van der Waals surface area contributed by atoms with Crippen LogP contribution in [0.2, 0.25) is 5.02 Å². The number of alkyl halides is 1. The number of rotatable bonds is 3. The molecule has 1 aromatic carbocycles. The van der Waals surface area contributed by atoms with Crippen molar-refractivity contribution in [3.8, 4) is 0 Å². The van der Waals surface area contributed by atoms with Gasteiger partial charge >= 0.3 is 0 Å². The summed E-state index contributed by atoms with van der Waals surface area (Å²) in [5.74, 6) is 0. The van der Waals surface area contributed by atoms with Crippen LogP contribution in [0.25, 0.3) is 0 Å². The molecule has 2 N–H and O–H groups in total. The predicted octanol–water partition coefficient (Wildman–Crippen LogP) is 3.46. The topological polar surface area (TPSA) is 26.0 Å². The average molecular weight is 267 g/mol. The molecule has 0 saturated heterocycles. The normalized spacial score (nSPS) is 12.9. The van der Waals surface area contributed by atoms with Crippen LogP contribution < -0.4 is 5.73 Å². The van der Waals surface area contributed by atoms with Gasteiger partial charge in [-0.25, -0.2) is 0 Å². The molecule has 0 heterocycles. The standard InChI is InChI=1S/C9H10BrClFN/c10-7-5-6(1-2-8(7)11)9(13)3-4-12/h1-2,5,9H,3-4,13H2/t9-/m1/s1. The van der Waals surface area contributed by atoms with Gasteiger partial charge in [-0.1, -0.05) is 17.7 Å². The Morgan fingerprint density at radius 1 is 1.54 bits per heavy atom. The van der Waals surface area contributed by atoms with Crippen LogP contribution in [0, 0.1) is 0 Å². The lowest BCUT2D eigenvalue weighted by Gasteiger charge is -2.10. The van der Waals surface area contributed by atoms with Crippen molar-refractivity contribution in [1.82, 2.24) is 0 Å². The van der Waals surface area contributed by atoms with Gasteiger partial charge in [-0.3, -0.25) is 4.39 Å². The van der Waals surface area contributed by atoms with Gasteiger partial charge in [0.15, 0.2) is 0 Å². The lowest BCUT2D eigenvalue weighted by Crippen LogP contribution is -2.10. The molecular weight excluding hydrogens is 256 g/mol. The number of hydrogen-bond acceptors (Lipinski definition) is 1. The van der Waals surface area contributed by atoms with E-state index in [0.29, 0.717) is 11.4 Å². The fourth-order valence-electron chi connectivity index (χ4n) is 1.03. The molecule has 1 rings (SSSR count). The van der Waals surface area contributed by atoms with Crippen molar-refractivity contribution in [3.05, 3.63) is 33.3 Å². The summed E-state index contributed by atoms with van der Waals surface area (Å²) in [6.07, 6.45) is 0.341. The van der Waals surface area contributed by atoms with Gasteiger partial charge in [0.1, 0.15) is 0 Å². The molecule has 1 atom stereocenters. The van der Waals surface area contributed by atoms with Crippen molar-refractivity contribution < 1.29 is 4.39 Å². The van der Waals surface area contributed by atoms with Crippen molar-refractivity contribution in [2.45, 2.75) is 12.5 Å². The van der Waals surface area contributed by atoms with Crippen LogP contribution in [0.15, 0.2) is 22.7 Å². The Morgan fingerprint density at radius 2 is 2.23 bits per heavy atom. The van der Waals surface area contributed by atoms with Gasteiger partial charge in [0.25, 0.3) is 0 Å². The summed E-state index contributed by atoms with van der Waals surface area (Å²) in [6.45, 7) is -0.401. The first kappa shape index (κ1) is 11.0. The highest BCUT2D eigenvalue weighted by atomic mass is 79.9. The van der Waals surface area contributed by atoms with Gasteiger partial charge in [-0.2, -0.15) is 0 Å². The monoisotopic (exact) mass is 265 g/mol. The SMILES string of the molecule is N[C@H](CCF)c1ccc(Cl)c(Br)c1. The molecule has 0 saturated carbocycles. The Kier molecular flexibility index (Phi) is 4.16. The van der Waals surface area contributed by atoms with Crippen LogP contribution in [0.1, 0.15) is 18.0 Å². The molecule has 0 aliphatic rings. The third-order valence-electron chi connectivity index (χ3n) is 1.79. The number of nitrogens with two attached hydrogens (primary N) is 1. The number of benzene rings is 1. The summed E-state index contributed by atoms with van der Waals surface area (Å²) >= 11 is 9.08. The second kappa shape index (κ2) is 4.94. The molecule has 0 aromatic heterocycles. The third-order valence-corrected chi connectivity index (χ3v) is 3.01. The molecule has 0 aliphatic carbocycles. The van der Waals surface area contributed by atoms with E-state index < -0.39 is 6.67 Å². The van der Waals surface area contributed by atoms with Crippen LogP contribution in [-0.4, -0.2) is 6.67 Å². The van der Waals surface area contributed by atoms with Crippen LogP contribution in [0.4, 0.5) is 4.39 Å². The van der Waals surface area contributed by atoms with Gasteiger partial charge in [-0.15, -0.1) is 0 Å². The first-order chi connectivity index (χ1) is 6.15. The summed E-state index contributed by atoms with van der Waals surface area (Å²) in [5, 5.41) is 0.635. The average Bonchev–Trinajstić information content (AvgIpc) is 2.10. The van der Waals surface area contributed by atoms with Gasteiger partial charge < -0.3 is 5.73 Å². The first-order valence-corrected chi connectivity index (χ1v) is 5.08. The van der Waals surface area contributed by atoms with Gasteiger partial charge in [0.05, 0.1) is 11.7 Å². The summed E-state index contributed by atoms with van der Waals surface area (Å²) in [4.78, 5) is 0. The second-order valence-electron chi connectivity index (χ2n) is 2.76. The van der Waals surface area contributed by atoms with Crippen molar-refractivity contribution in [1.29, 1.82) is 0 Å². The maximum Gasteiger partial charge on any atom is 0.0912 e. The minimum Gasteiger partial charge on any atom is -0.324 e. The molecule has 0 amide bonds. The Morgan fingerprint density at radius 3 is 2.77 bits per heavy atom. The Labute approximate surface area is 90.2 Å². The highest BCUT2D eigenvalue weighted by Crippen LogP contribution is 2.26. The summed E-state index contributed by atoms with van der Waals surface area (Å²) < 4.78 is 12.8. The Bertz CT molecular complexity index is 293. The zero-order valence-corrected chi connectivity index (χ0v) is 9.28. The highest BCUT2D eigenvalue weighted by molar-refractivity contribution is 9.10. The number of halogens is 3. The molecule has 1 aromatic rings. The fourth-order valence-corrected chi connectivity index (χ4v) is 1.54. The van der Waals surface area contributed by atoms with E-state index in [0.717, 1.165) is 10.0 Å². The van der Waals surface area contributed by atoms with Crippen LogP contribution in [0.3, 0.4) is 0 Å². The molecule has 13 heavy (non-hydrogen) atoms. The zero-order valence-electron chi connectivity index (χ0n) is 6.93. The summed E-state index contributed by atoms with van der Waals surface area (Å²) in [7, 11) is 0. The van der Waals surface area contributed by atoms with Crippen LogP contribution >= 0.6 is 27.5 Å². The Hall–Kier alpha value is -0.120. The molecule has 4 heteroatoms. The first-order valence-electron chi connectivity index (χ1n) is 3.91. The molecule has 1 nitrogen and oxygen atoms in total. The molecule has 0 aliphatic heterocycles.